The van der Waals surface area contributed by atoms with Gasteiger partial charge in [0.1, 0.15) is 10.8 Å². The van der Waals surface area contributed by atoms with E-state index in [9.17, 15) is 0 Å². The van der Waals surface area contributed by atoms with Gasteiger partial charge in [-0.25, -0.2) is 4.98 Å². The third-order valence-electron chi connectivity index (χ3n) is 5.06. The van der Waals surface area contributed by atoms with Crippen molar-refractivity contribution in [1.82, 2.24) is 24.7 Å². The summed E-state index contributed by atoms with van der Waals surface area (Å²) in [7, 11) is 3.25. The van der Waals surface area contributed by atoms with Crippen LogP contribution in [0.5, 0.6) is 11.5 Å². The normalized spacial score (nSPS) is 11.0. The van der Waals surface area contributed by atoms with Crippen molar-refractivity contribution in [1.29, 1.82) is 0 Å². The van der Waals surface area contributed by atoms with Crippen molar-refractivity contribution in [3.05, 3.63) is 78.0 Å². The molecule has 0 bridgehead atoms. The van der Waals surface area contributed by atoms with Gasteiger partial charge in [0.2, 0.25) is 0 Å². The summed E-state index contributed by atoms with van der Waals surface area (Å²) in [5, 5.41) is 12.7. The van der Waals surface area contributed by atoms with Crippen LogP contribution in [0.4, 0.5) is 0 Å². The molecule has 0 aliphatic heterocycles. The van der Waals surface area contributed by atoms with Crippen LogP contribution in [0.1, 0.15) is 11.5 Å². The maximum absolute atomic E-state index is 5.57. The molecule has 0 unspecified atom stereocenters. The molecule has 0 amide bonds. The molecule has 0 aliphatic rings. The van der Waals surface area contributed by atoms with Crippen molar-refractivity contribution in [3.8, 4) is 33.5 Å². The third kappa shape index (κ3) is 4.68. The maximum atomic E-state index is 5.57. The summed E-state index contributed by atoms with van der Waals surface area (Å²) in [4.78, 5) is 9.03. The predicted molar refractivity (Wildman–Crippen MR) is 131 cm³/mol. The van der Waals surface area contributed by atoms with Crippen LogP contribution in [-0.2, 0) is 12.3 Å². The number of hydrogen-bond donors (Lipinski definition) is 0. The highest BCUT2D eigenvalue weighted by Gasteiger charge is 2.17. The summed E-state index contributed by atoms with van der Waals surface area (Å²) in [6.07, 6.45) is 5.19. The topological polar surface area (TPSA) is 88.1 Å². The summed E-state index contributed by atoms with van der Waals surface area (Å²) in [5.41, 5.74) is 2.85. The smallest absolute Gasteiger partial charge is 0.192 e. The molecule has 5 rings (SSSR count). The Balaban J connectivity index is 1.37. The first-order valence-electron chi connectivity index (χ1n) is 10.4. The molecule has 0 fully saturated rings. The van der Waals surface area contributed by atoms with Gasteiger partial charge in [-0.3, -0.25) is 9.55 Å². The fourth-order valence-corrected chi connectivity index (χ4v) is 5.17. The second-order valence-corrected chi connectivity index (χ2v) is 9.02. The third-order valence-corrected chi connectivity index (χ3v) is 7.00. The minimum atomic E-state index is 0.528. The monoisotopic (exact) mass is 491 g/mol. The zero-order chi connectivity index (χ0) is 23.3. The highest BCUT2D eigenvalue weighted by Crippen LogP contribution is 2.34. The number of rotatable bonds is 9. The SMILES string of the molecule is COc1ccc(-c2nc(CSc3nnc(-c4cccnc4)n3Cc3ccco3)cs2)cc1OC. The van der Waals surface area contributed by atoms with Crippen molar-refractivity contribution in [2.24, 2.45) is 0 Å². The lowest BCUT2D eigenvalue weighted by Crippen LogP contribution is -2.03. The van der Waals surface area contributed by atoms with Gasteiger partial charge in [-0.15, -0.1) is 21.5 Å². The molecular formula is C24H21N5O3S2. The minimum Gasteiger partial charge on any atom is -0.493 e. The Kier molecular flexibility index (Phi) is 6.59. The Morgan fingerprint density at radius 1 is 1.03 bits per heavy atom. The molecule has 0 N–H and O–H groups in total. The maximum Gasteiger partial charge on any atom is 0.192 e. The van der Waals surface area contributed by atoms with E-state index in [2.05, 4.69) is 20.6 Å². The van der Waals surface area contributed by atoms with Crippen LogP contribution < -0.4 is 9.47 Å². The molecule has 34 heavy (non-hydrogen) atoms. The molecule has 0 saturated carbocycles. The first-order chi connectivity index (χ1) is 16.7. The van der Waals surface area contributed by atoms with Crippen LogP contribution in [0.3, 0.4) is 0 Å². The zero-order valence-corrected chi connectivity index (χ0v) is 20.2. The van der Waals surface area contributed by atoms with E-state index in [1.807, 2.05) is 47.0 Å². The number of nitrogens with zero attached hydrogens (tertiary/aromatic N) is 5. The van der Waals surface area contributed by atoms with Crippen molar-refractivity contribution in [2.45, 2.75) is 17.5 Å². The van der Waals surface area contributed by atoms with Crippen LogP contribution in [-0.4, -0.2) is 39.0 Å². The van der Waals surface area contributed by atoms with Crippen molar-refractivity contribution < 1.29 is 13.9 Å². The standard InChI is InChI=1S/C24H21N5O3S2/c1-30-20-8-7-16(11-21(20)31-2)23-26-18(14-33-23)15-34-24-28-27-22(17-5-3-9-25-12-17)29(24)13-19-6-4-10-32-19/h3-12,14H,13,15H2,1-2H3. The van der Waals surface area contributed by atoms with E-state index in [0.29, 0.717) is 23.8 Å². The number of pyridine rings is 1. The number of benzene rings is 1. The highest BCUT2D eigenvalue weighted by molar-refractivity contribution is 7.98. The second kappa shape index (κ2) is 10.1. The van der Waals surface area contributed by atoms with Crippen LogP contribution in [0, 0.1) is 0 Å². The van der Waals surface area contributed by atoms with E-state index in [1.165, 1.54) is 0 Å². The summed E-state index contributed by atoms with van der Waals surface area (Å²) < 4.78 is 18.4. The van der Waals surface area contributed by atoms with Gasteiger partial charge in [-0.05, 0) is 42.5 Å². The van der Waals surface area contributed by atoms with Gasteiger partial charge in [-0.1, -0.05) is 11.8 Å². The Labute approximate surface area is 204 Å². The minimum absolute atomic E-state index is 0.528. The van der Waals surface area contributed by atoms with Gasteiger partial charge >= 0.3 is 0 Å². The molecule has 0 atom stereocenters. The number of thiazole rings is 1. The van der Waals surface area contributed by atoms with Gasteiger partial charge < -0.3 is 13.9 Å². The van der Waals surface area contributed by atoms with E-state index in [1.54, 1.807) is 56.0 Å². The quantitative estimate of drug-likeness (QED) is 0.253. The number of ether oxygens (including phenoxy) is 2. The van der Waals surface area contributed by atoms with Crippen molar-refractivity contribution in [3.63, 3.8) is 0 Å². The van der Waals surface area contributed by atoms with Gasteiger partial charge in [-0.2, -0.15) is 0 Å². The van der Waals surface area contributed by atoms with Crippen LogP contribution >= 0.6 is 23.1 Å². The summed E-state index contributed by atoms with van der Waals surface area (Å²) in [6, 6.07) is 13.5. The molecule has 4 heterocycles. The lowest BCUT2D eigenvalue weighted by Gasteiger charge is -2.08. The molecule has 0 radical (unpaired) electrons. The number of furan rings is 1. The largest absolute Gasteiger partial charge is 0.493 e. The van der Waals surface area contributed by atoms with Crippen LogP contribution in [0.15, 0.2) is 76.1 Å². The second-order valence-electron chi connectivity index (χ2n) is 7.22. The highest BCUT2D eigenvalue weighted by atomic mass is 32.2. The molecule has 10 heteroatoms. The summed E-state index contributed by atoms with van der Waals surface area (Å²) in [5.74, 6) is 3.61. The van der Waals surface area contributed by atoms with E-state index < -0.39 is 0 Å². The van der Waals surface area contributed by atoms with Crippen LogP contribution in [0.25, 0.3) is 22.0 Å². The molecule has 1 aromatic carbocycles. The average molecular weight is 492 g/mol. The fourth-order valence-electron chi connectivity index (χ4n) is 3.42. The number of aromatic nitrogens is 5. The zero-order valence-electron chi connectivity index (χ0n) is 18.5. The molecule has 5 aromatic rings. The van der Waals surface area contributed by atoms with E-state index in [4.69, 9.17) is 18.9 Å². The number of hydrogen-bond acceptors (Lipinski definition) is 9. The predicted octanol–water partition coefficient (Wildman–Crippen LogP) is 5.41. The van der Waals surface area contributed by atoms with Gasteiger partial charge in [0, 0.05) is 34.7 Å². The number of methoxy groups -OCH3 is 2. The molecule has 172 valence electrons. The first-order valence-corrected chi connectivity index (χ1v) is 12.3. The first kappa shape index (κ1) is 22.2. The summed E-state index contributed by atoms with van der Waals surface area (Å²) in [6.45, 7) is 0.528. The van der Waals surface area contributed by atoms with Gasteiger partial charge in [0.05, 0.1) is 32.7 Å². The molecular weight excluding hydrogens is 470 g/mol. The summed E-state index contributed by atoms with van der Waals surface area (Å²) >= 11 is 3.18. The fraction of sp³-hybridized carbons (Fsp3) is 0.167. The lowest BCUT2D eigenvalue weighted by atomic mass is 10.2. The van der Waals surface area contributed by atoms with Gasteiger partial charge in [0.25, 0.3) is 0 Å². The Bertz CT molecular complexity index is 1370. The Hall–Kier alpha value is -3.63. The van der Waals surface area contributed by atoms with Crippen LogP contribution in [0.2, 0.25) is 0 Å². The van der Waals surface area contributed by atoms with Crippen molar-refractivity contribution >= 4 is 23.1 Å². The molecule has 0 spiro atoms. The van der Waals surface area contributed by atoms with E-state index >= 15 is 0 Å². The average Bonchev–Trinajstić information content (AvgIpc) is 3.65. The Morgan fingerprint density at radius 2 is 1.94 bits per heavy atom. The van der Waals surface area contributed by atoms with E-state index in [0.717, 1.165) is 38.6 Å². The van der Waals surface area contributed by atoms with Crippen molar-refractivity contribution in [2.75, 3.05) is 14.2 Å². The molecule has 4 aromatic heterocycles. The molecule has 0 aliphatic carbocycles. The lowest BCUT2D eigenvalue weighted by molar-refractivity contribution is 0.355. The van der Waals surface area contributed by atoms with Gasteiger partial charge in [0.15, 0.2) is 22.5 Å². The number of thioether (sulfide) groups is 1. The molecule has 0 saturated heterocycles. The Morgan fingerprint density at radius 3 is 2.71 bits per heavy atom. The molecule has 8 nitrogen and oxygen atoms in total. The van der Waals surface area contributed by atoms with E-state index in [-0.39, 0.29) is 0 Å².